The van der Waals surface area contributed by atoms with Gasteiger partial charge in [0.25, 0.3) is 0 Å². The van der Waals surface area contributed by atoms with Gasteiger partial charge in [0, 0.05) is 26.2 Å². The number of nitrogen functional groups attached to an aromatic ring is 1. The van der Waals surface area contributed by atoms with Crippen molar-refractivity contribution in [3.8, 4) is 5.75 Å². The number of hydrogen-bond donors (Lipinski definition) is 5. The van der Waals surface area contributed by atoms with Gasteiger partial charge in [-0.15, -0.1) is 0 Å². The van der Waals surface area contributed by atoms with Gasteiger partial charge in [0.05, 0.1) is 10.7 Å². The Kier molecular flexibility index (Phi) is 6.59. The van der Waals surface area contributed by atoms with E-state index >= 15 is 0 Å². The van der Waals surface area contributed by atoms with Crippen molar-refractivity contribution in [1.29, 1.82) is 0 Å². The third-order valence-corrected chi connectivity index (χ3v) is 5.19. The molecule has 0 aliphatic carbocycles. The number of anilines is 1. The van der Waals surface area contributed by atoms with Crippen LogP contribution >= 0.6 is 11.6 Å². The Labute approximate surface area is 138 Å². The van der Waals surface area contributed by atoms with Crippen molar-refractivity contribution in [1.82, 2.24) is 9.62 Å². The van der Waals surface area contributed by atoms with Gasteiger partial charge in [0.2, 0.25) is 10.0 Å². The second-order valence-electron chi connectivity index (χ2n) is 4.42. The van der Waals surface area contributed by atoms with Crippen molar-refractivity contribution in [2.45, 2.75) is 4.90 Å². The molecule has 0 amide bonds. The number of nitrogens with one attached hydrogen (secondary N) is 1. The Hall–Kier alpha value is -1.15. The van der Waals surface area contributed by atoms with E-state index in [2.05, 4.69) is 5.32 Å². The quantitative estimate of drug-likeness (QED) is 0.255. The first kappa shape index (κ1) is 19.9. The van der Waals surface area contributed by atoms with Crippen molar-refractivity contribution in [3.05, 3.63) is 17.2 Å². The Morgan fingerprint density at radius 1 is 1.13 bits per heavy atom. The fourth-order valence-electron chi connectivity index (χ4n) is 1.82. The standard InChI is InChI=1S/C10H14ClN3O3S.H2O4S/c11-7-1-2-8(12)9(15)10(7)18(16,17)14-5-3-13-4-6-14;1-5(2,3)4/h1-2,13,15H,3-6,12H2;(H2,1,2,3,4). The summed E-state index contributed by atoms with van der Waals surface area (Å²) in [5, 5.41) is 12.8. The number of rotatable bonds is 2. The summed E-state index contributed by atoms with van der Waals surface area (Å²) < 4.78 is 57.6. The van der Waals surface area contributed by atoms with Crippen LogP contribution < -0.4 is 11.1 Å². The molecule has 132 valence electrons. The molecule has 0 saturated carbocycles. The molecule has 13 heteroatoms. The molecule has 0 unspecified atom stereocenters. The third-order valence-electron chi connectivity index (χ3n) is 2.79. The lowest BCUT2D eigenvalue weighted by atomic mass is 10.3. The molecule has 1 aliphatic heterocycles. The van der Waals surface area contributed by atoms with Crippen molar-refractivity contribution in [2.24, 2.45) is 0 Å². The van der Waals surface area contributed by atoms with Gasteiger partial charge >= 0.3 is 10.4 Å². The van der Waals surface area contributed by atoms with Crippen molar-refractivity contribution in [2.75, 3.05) is 31.9 Å². The van der Waals surface area contributed by atoms with Crippen LogP contribution in [0.15, 0.2) is 17.0 Å². The second-order valence-corrected chi connectivity index (χ2v) is 7.59. The molecule has 2 rings (SSSR count). The molecule has 0 atom stereocenters. The van der Waals surface area contributed by atoms with Crippen LogP contribution in [0.1, 0.15) is 0 Å². The zero-order valence-electron chi connectivity index (χ0n) is 11.7. The highest BCUT2D eigenvalue weighted by Gasteiger charge is 2.31. The SMILES string of the molecule is Nc1ccc(Cl)c(S(=O)(=O)N2CCNCC2)c1O.O=S(=O)(O)O. The molecule has 1 fully saturated rings. The van der Waals surface area contributed by atoms with Gasteiger partial charge in [0.1, 0.15) is 4.90 Å². The van der Waals surface area contributed by atoms with Gasteiger partial charge in [-0.2, -0.15) is 12.7 Å². The number of benzene rings is 1. The van der Waals surface area contributed by atoms with Crippen LogP contribution in [-0.4, -0.2) is 61.5 Å². The van der Waals surface area contributed by atoms with Crippen LogP contribution in [0.5, 0.6) is 5.75 Å². The zero-order chi connectivity index (χ0) is 17.8. The monoisotopic (exact) mass is 389 g/mol. The molecule has 0 bridgehead atoms. The minimum Gasteiger partial charge on any atom is -0.504 e. The van der Waals surface area contributed by atoms with Crippen molar-refractivity contribution >= 4 is 37.7 Å². The van der Waals surface area contributed by atoms with Crippen LogP contribution in [0.25, 0.3) is 0 Å². The summed E-state index contributed by atoms with van der Waals surface area (Å²) in [5.41, 5.74) is 5.51. The number of phenolic OH excluding ortho intramolecular Hbond substituents is 1. The van der Waals surface area contributed by atoms with Gasteiger partial charge in [0.15, 0.2) is 5.75 Å². The molecule has 10 nitrogen and oxygen atoms in total. The Morgan fingerprint density at radius 3 is 2.09 bits per heavy atom. The number of piperazine rings is 1. The summed E-state index contributed by atoms with van der Waals surface area (Å²) in [4.78, 5) is -0.314. The highest BCUT2D eigenvalue weighted by atomic mass is 35.5. The van der Waals surface area contributed by atoms with Gasteiger partial charge in [-0.3, -0.25) is 9.11 Å². The molecule has 6 N–H and O–H groups in total. The first-order valence-corrected chi connectivity index (χ1v) is 9.34. The van der Waals surface area contributed by atoms with Gasteiger partial charge in [-0.1, -0.05) is 11.6 Å². The minimum atomic E-state index is -4.67. The third kappa shape index (κ3) is 5.76. The first-order valence-electron chi connectivity index (χ1n) is 6.12. The van der Waals surface area contributed by atoms with Crippen LogP contribution in [-0.2, 0) is 20.4 Å². The van der Waals surface area contributed by atoms with E-state index in [0.29, 0.717) is 26.2 Å². The van der Waals surface area contributed by atoms with E-state index in [-0.39, 0.29) is 15.6 Å². The molecule has 0 spiro atoms. The number of hydrogen-bond acceptors (Lipinski definition) is 7. The lowest BCUT2D eigenvalue weighted by molar-refractivity contribution is 0.357. The maximum absolute atomic E-state index is 12.4. The van der Waals surface area contributed by atoms with Gasteiger partial charge in [-0.05, 0) is 12.1 Å². The highest BCUT2D eigenvalue weighted by molar-refractivity contribution is 7.89. The summed E-state index contributed by atoms with van der Waals surface area (Å²) in [6, 6.07) is 2.74. The zero-order valence-corrected chi connectivity index (χ0v) is 14.1. The number of nitrogens with two attached hydrogens (primary N) is 1. The molecule has 1 saturated heterocycles. The smallest absolute Gasteiger partial charge is 0.394 e. The predicted octanol–water partition coefficient (Wildman–Crippen LogP) is -0.431. The topological polar surface area (TPSA) is 170 Å². The molecule has 0 aromatic heterocycles. The van der Waals surface area contributed by atoms with Crippen LogP contribution in [0.4, 0.5) is 5.69 Å². The van der Waals surface area contributed by atoms with Gasteiger partial charge in [-0.25, -0.2) is 8.42 Å². The Bertz CT molecular complexity index is 753. The average molecular weight is 390 g/mol. The predicted molar refractivity (Wildman–Crippen MR) is 83.3 cm³/mol. The Morgan fingerprint density at radius 2 is 1.61 bits per heavy atom. The molecule has 1 aliphatic rings. The molecule has 0 radical (unpaired) electrons. The number of aromatic hydroxyl groups is 1. The van der Waals surface area contributed by atoms with Crippen LogP contribution in [0.2, 0.25) is 5.02 Å². The molecular weight excluding hydrogens is 374 g/mol. The van der Waals surface area contributed by atoms with Crippen molar-refractivity contribution in [3.63, 3.8) is 0 Å². The fraction of sp³-hybridized carbons (Fsp3) is 0.400. The van der Waals surface area contributed by atoms with E-state index in [1.54, 1.807) is 0 Å². The lowest BCUT2D eigenvalue weighted by Crippen LogP contribution is -2.46. The summed E-state index contributed by atoms with van der Waals surface area (Å²) in [5.74, 6) is -0.485. The maximum atomic E-state index is 12.4. The summed E-state index contributed by atoms with van der Waals surface area (Å²) in [7, 11) is -8.48. The van der Waals surface area contributed by atoms with E-state index in [1.165, 1.54) is 16.4 Å². The largest absolute Gasteiger partial charge is 0.504 e. The maximum Gasteiger partial charge on any atom is 0.394 e. The highest BCUT2D eigenvalue weighted by Crippen LogP contribution is 2.36. The number of phenols is 1. The van der Waals surface area contributed by atoms with E-state index in [4.69, 9.17) is 34.9 Å². The second kappa shape index (κ2) is 7.61. The normalized spacial score (nSPS) is 16.5. The molecule has 23 heavy (non-hydrogen) atoms. The summed E-state index contributed by atoms with van der Waals surface area (Å²) in [6.45, 7) is 1.82. The van der Waals surface area contributed by atoms with E-state index in [9.17, 15) is 13.5 Å². The average Bonchev–Trinajstić information content (AvgIpc) is 2.42. The van der Waals surface area contributed by atoms with E-state index in [0.717, 1.165) is 0 Å². The van der Waals surface area contributed by atoms with Crippen LogP contribution in [0, 0.1) is 0 Å². The summed E-state index contributed by atoms with van der Waals surface area (Å²) in [6.07, 6.45) is 0. The number of halogens is 1. The molecule has 1 aromatic carbocycles. The minimum absolute atomic E-state index is 0.00638. The number of nitrogens with zero attached hydrogens (tertiary/aromatic N) is 1. The van der Waals surface area contributed by atoms with E-state index < -0.39 is 26.2 Å². The van der Waals surface area contributed by atoms with Crippen molar-refractivity contribution < 1.29 is 31.0 Å². The fourth-order valence-corrected chi connectivity index (χ4v) is 3.86. The van der Waals surface area contributed by atoms with Gasteiger partial charge < -0.3 is 16.2 Å². The molecule has 1 aromatic rings. The Balaban J connectivity index is 0.000000463. The van der Waals surface area contributed by atoms with Crippen LogP contribution in [0.3, 0.4) is 0 Å². The molecular formula is C10H16ClN3O7S2. The van der Waals surface area contributed by atoms with E-state index in [1.807, 2.05) is 0 Å². The first-order chi connectivity index (χ1) is 10.4. The lowest BCUT2D eigenvalue weighted by Gasteiger charge is -2.27. The summed E-state index contributed by atoms with van der Waals surface area (Å²) >= 11 is 5.87. The number of sulfonamides is 1. The molecule has 1 heterocycles.